The molecule has 0 aliphatic heterocycles. The maximum absolute atomic E-state index is 6.33. The summed E-state index contributed by atoms with van der Waals surface area (Å²) in [4.78, 5) is 0. The van der Waals surface area contributed by atoms with Gasteiger partial charge in [0.2, 0.25) is 0 Å². The normalized spacial score (nSPS) is 11.8. The zero-order valence-corrected chi connectivity index (χ0v) is 25.3. The van der Waals surface area contributed by atoms with Crippen molar-refractivity contribution in [2.75, 3.05) is 0 Å². The van der Waals surface area contributed by atoms with Crippen molar-refractivity contribution in [1.29, 1.82) is 0 Å². The van der Waals surface area contributed by atoms with Crippen LogP contribution in [0.1, 0.15) is 0 Å². The Hall–Kier alpha value is -4.23. The van der Waals surface area contributed by atoms with Crippen LogP contribution in [0.3, 0.4) is 0 Å². The zero-order valence-electron chi connectivity index (χ0n) is 21.1. The second-order valence-electron chi connectivity index (χ2n) is 9.93. The standard InChI is InChI=1S/C36H18O3.U/c1-2-6-21(7-3-1)24-10-13-26-29-18-22(11-16-32(29)37-34(26)20-24)23-12-17-33-30(19-23)28-15-14-27-25-8-4-5-9-31(25)38-35(27)36(28)39-33;/h1-6,8-19H;/q-2;+2. The van der Waals surface area contributed by atoms with Gasteiger partial charge in [0.25, 0.3) is 0 Å². The van der Waals surface area contributed by atoms with Crippen molar-refractivity contribution < 1.29 is 44.4 Å². The number of para-hydroxylation sites is 1. The van der Waals surface area contributed by atoms with Gasteiger partial charge in [-0.3, -0.25) is 0 Å². The van der Waals surface area contributed by atoms with Crippen molar-refractivity contribution in [3.05, 3.63) is 121 Å². The minimum Gasteiger partial charge on any atom is -0.477 e. The molecule has 3 nitrogen and oxygen atoms in total. The van der Waals surface area contributed by atoms with Gasteiger partial charge >= 0.3 is 31.1 Å². The Balaban J connectivity index is 0.00000245. The molecule has 0 aliphatic carbocycles. The Morgan fingerprint density at radius 3 is 1.82 bits per heavy atom. The average Bonchev–Trinajstić information content (AvgIpc) is 3.67. The van der Waals surface area contributed by atoms with Crippen molar-refractivity contribution >= 4 is 65.8 Å². The molecular formula is C36H18O3U. The van der Waals surface area contributed by atoms with E-state index in [0.717, 1.165) is 88.1 Å². The van der Waals surface area contributed by atoms with Gasteiger partial charge in [0.05, 0.1) is 0 Å². The van der Waals surface area contributed by atoms with E-state index in [2.05, 4.69) is 66.7 Å². The molecule has 0 unspecified atom stereocenters. The Bertz CT molecular complexity index is 2390. The van der Waals surface area contributed by atoms with E-state index < -0.39 is 0 Å². The van der Waals surface area contributed by atoms with Crippen molar-refractivity contribution in [3.8, 4) is 22.3 Å². The van der Waals surface area contributed by atoms with Crippen LogP contribution < -0.4 is 0 Å². The molecule has 0 N–H and O–H groups in total. The molecule has 9 aromatic rings. The number of hydrogen-bond donors (Lipinski definition) is 0. The summed E-state index contributed by atoms with van der Waals surface area (Å²) < 4.78 is 18.7. The van der Waals surface area contributed by atoms with E-state index in [0.29, 0.717) is 0 Å². The SMILES string of the molecule is [U+2].[c-]1ccccc1-c1[c-]c2oc3ccc(-c4ccc5oc6c(ccc7c8ccccc8oc76)c5c4)cc3c2cc1. The molecule has 0 atom stereocenters. The number of fused-ring (bicyclic) bond motifs is 10. The molecule has 0 saturated carbocycles. The van der Waals surface area contributed by atoms with Gasteiger partial charge in [0.1, 0.15) is 16.7 Å². The molecule has 0 amide bonds. The molecule has 40 heavy (non-hydrogen) atoms. The third kappa shape index (κ3) is 3.43. The maximum Gasteiger partial charge on any atom is 2.00 e. The molecule has 184 valence electrons. The summed E-state index contributed by atoms with van der Waals surface area (Å²) >= 11 is 0. The third-order valence-electron chi connectivity index (χ3n) is 7.71. The van der Waals surface area contributed by atoms with Crippen LogP contribution in [0.25, 0.3) is 88.1 Å². The van der Waals surface area contributed by atoms with Gasteiger partial charge in [-0.05, 0) is 52.9 Å². The van der Waals surface area contributed by atoms with Crippen LogP contribution in [0.15, 0.2) is 122 Å². The van der Waals surface area contributed by atoms with Crippen molar-refractivity contribution in [2.45, 2.75) is 0 Å². The Morgan fingerprint density at radius 1 is 0.450 bits per heavy atom. The largest absolute Gasteiger partial charge is 2.00 e. The average molecular weight is 737 g/mol. The Morgan fingerprint density at radius 2 is 1.07 bits per heavy atom. The second-order valence-corrected chi connectivity index (χ2v) is 9.93. The first kappa shape index (κ1) is 23.6. The van der Waals surface area contributed by atoms with E-state index in [1.54, 1.807) is 0 Å². The van der Waals surface area contributed by atoms with Gasteiger partial charge < -0.3 is 13.3 Å². The smallest absolute Gasteiger partial charge is 0.477 e. The van der Waals surface area contributed by atoms with Gasteiger partial charge in [0, 0.05) is 27.1 Å². The molecule has 9 rings (SSSR count). The zero-order chi connectivity index (χ0) is 25.5. The van der Waals surface area contributed by atoms with Gasteiger partial charge in [-0.25, -0.2) is 11.1 Å². The van der Waals surface area contributed by atoms with E-state index in [4.69, 9.17) is 13.3 Å². The van der Waals surface area contributed by atoms with Gasteiger partial charge in [-0.15, -0.1) is 18.2 Å². The molecular weight excluding hydrogens is 718 g/mol. The summed E-state index contributed by atoms with van der Waals surface area (Å²) in [5, 5.41) is 6.41. The summed E-state index contributed by atoms with van der Waals surface area (Å²) in [6.07, 6.45) is 0. The maximum atomic E-state index is 6.33. The fourth-order valence-electron chi connectivity index (χ4n) is 5.80. The van der Waals surface area contributed by atoms with E-state index in [9.17, 15) is 0 Å². The van der Waals surface area contributed by atoms with E-state index >= 15 is 0 Å². The minimum absolute atomic E-state index is 0. The monoisotopic (exact) mass is 736 g/mol. The van der Waals surface area contributed by atoms with Crippen LogP contribution in [-0.4, -0.2) is 0 Å². The van der Waals surface area contributed by atoms with Gasteiger partial charge in [-0.2, -0.15) is 30.3 Å². The van der Waals surface area contributed by atoms with E-state index in [1.165, 1.54) is 0 Å². The minimum atomic E-state index is 0. The van der Waals surface area contributed by atoms with Crippen molar-refractivity contribution in [2.24, 2.45) is 0 Å². The van der Waals surface area contributed by atoms with E-state index in [1.807, 2.05) is 54.6 Å². The molecule has 0 bridgehead atoms. The van der Waals surface area contributed by atoms with E-state index in [-0.39, 0.29) is 31.1 Å². The van der Waals surface area contributed by atoms with Crippen LogP contribution in [0.4, 0.5) is 0 Å². The molecule has 0 aliphatic rings. The number of rotatable bonds is 2. The number of hydrogen-bond acceptors (Lipinski definition) is 3. The fraction of sp³-hybridized carbons (Fsp3) is 0. The predicted molar refractivity (Wildman–Crippen MR) is 157 cm³/mol. The van der Waals surface area contributed by atoms with Crippen LogP contribution in [0.2, 0.25) is 0 Å². The summed E-state index contributed by atoms with van der Waals surface area (Å²) in [5.41, 5.74) is 9.10. The molecule has 0 spiro atoms. The number of furan rings is 3. The summed E-state index contributed by atoms with van der Waals surface area (Å²) in [6.45, 7) is 0. The molecule has 0 saturated heterocycles. The predicted octanol–water partition coefficient (Wildman–Crippen LogP) is 10.3. The van der Waals surface area contributed by atoms with Crippen LogP contribution in [0.5, 0.6) is 0 Å². The number of benzene rings is 6. The fourth-order valence-corrected chi connectivity index (χ4v) is 5.80. The van der Waals surface area contributed by atoms with Gasteiger partial charge in [0.15, 0.2) is 11.2 Å². The first-order valence-electron chi connectivity index (χ1n) is 12.9. The molecule has 4 heteroatoms. The second kappa shape index (κ2) is 8.90. The molecule has 3 aromatic heterocycles. The summed E-state index contributed by atoms with van der Waals surface area (Å²) in [7, 11) is 0. The van der Waals surface area contributed by atoms with Crippen LogP contribution >= 0.6 is 0 Å². The Labute approximate surface area is 252 Å². The third-order valence-corrected chi connectivity index (χ3v) is 7.71. The summed E-state index contributed by atoms with van der Waals surface area (Å²) in [5.74, 6) is 0. The van der Waals surface area contributed by atoms with Crippen LogP contribution in [0, 0.1) is 43.2 Å². The topological polar surface area (TPSA) is 39.4 Å². The first-order valence-corrected chi connectivity index (χ1v) is 12.9. The first-order chi connectivity index (χ1) is 19.3. The summed E-state index contributed by atoms with van der Waals surface area (Å²) in [6, 6.07) is 43.9. The van der Waals surface area contributed by atoms with Crippen molar-refractivity contribution in [1.82, 2.24) is 0 Å². The molecule has 0 fully saturated rings. The molecule has 6 aromatic carbocycles. The van der Waals surface area contributed by atoms with Crippen LogP contribution in [-0.2, 0) is 0 Å². The molecule has 0 radical (unpaired) electrons. The Kier molecular flexibility index (Phi) is 5.26. The van der Waals surface area contributed by atoms with Crippen molar-refractivity contribution in [3.63, 3.8) is 0 Å². The quantitative estimate of drug-likeness (QED) is 0.166. The van der Waals surface area contributed by atoms with Gasteiger partial charge in [-0.1, -0.05) is 41.8 Å². The molecule has 3 heterocycles.